The van der Waals surface area contributed by atoms with Crippen molar-refractivity contribution in [1.29, 1.82) is 0 Å². The average Bonchev–Trinajstić information content (AvgIpc) is 3.26. The monoisotopic (exact) mass is 385 g/mol. The van der Waals surface area contributed by atoms with Crippen LogP contribution in [0, 0.1) is 0 Å². The Balaban J connectivity index is 1.90. The second-order valence-electron chi connectivity index (χ2n) is 6.42. The van der Waals surface area contributed by atoms with Gasteiger partial charge in [-0.1, -0.05) is 0 Å². The summed E-state index contributed by atoms with van der Waals surface area (Å²) < 4.78 is 12.2. The van der Waals surface area contributed by atoms with Crippen molar-refractivity contribution in [1.82, 2.24) is 14.5 Å². The van der Waals surface area contributed by atoms with Gasteiger partial charge >= 0.3 is 0 Å². The van der Waals surface area contributed by atoms with Crippen LogP contribution in [0.4, 0.5) is 0 Å². The number of aromatic nitrogens is 2. The summed E-state index contributed by atoms with van der Waals surface area (Å²) in [4.78, 5) is 32.3. The predicted molar refractivity (Wildman–Crippen MR) is 104 cm³/mol. The van der Waals surface area contributed by atoms with Crippen LogP contribution in [-0.4, -0.2) is 48.2 Å². The summed E-state index contributed by atoms with van der Waals surface area (Å²) in [5.74, 6) is 1.22. The minimum absolute atomic E-state index is 0.0583. The number of carbonyl (C=O) groups excluding carboxylic acids is 1. The molecule has 0 bridgehead atoms. The number of hydrogen-bond donors (Lipinski definition) is 0. The topological polar surface area (TPSA) is 73.7 Å². The lowest BCUT2D eigenvalue weighted by Gasteiger charge is -2.13. The largest absolute Gasteiger partial charge is 0.497 e. The number of likely N-dealkylation sites (N-methyl/N-ethyl adjacent to an activating group) is 1. The van der Waals surface area contributed by atoms with Gasteiger partial charge in [0.25, 0.3) is 5.56 Å². The van der Waals surface area contributed by atoms with Gasteiger partial charge in [-0.2, -0.15) is 0 Å². The van der Waals surface area contributed by atoms with E-state index < -0.39 is 6.04 Å². The van der Waals surface area contributed by atoms with Gasteiger partial charge in [-0.05, 0) is 18.6 Å². The lowest BCUT2D eigenvalue weighted by atomic mass is 10.0. The number of ether oxygens (including phenoxy) is 2. The van der Waals surface area contributed by atoms with Gasteiger partial charge in [0, 0.05) is 36.2 Å². The third-order valence-corrected chi connectivity index (χ3v) is 5.84. The average molecular weight is 385 g/mol. The van der Waals surface area contributed by atoms with Crippen molar-refractivity contribution in [2.24, 2.45) is 0 Å². The van der Waals surface area contributed by atoms with Gasteiger partial charge < -0.3 is 14.4 Å². The van der Waals surface area contributed by atoms with Gasteiger partial charge in [0.05, 0.1) is 25.9 Å². The van der Waals surface area contributed by atoms with E-state index in [0.717, 1.165) is 11.1 Å². The summed E-state index contributed by atoms with van der Waals surface area (Å²) in [7, 11) is 4.92. The quantitative estimate of drug-likeness (QED) is 0.690. The molecule has 3 aromatic rings. The molecular formula is C19H19N3O4S. The van der Waals surface area contributed by atoms with Crippen LogP contribution in [0.2, 0.25) is 0 Å². The number of hydrogen-bond acceptors (Lipinski definition) is 6. The fourth-order valence-corrected chi connectivity index (χ4v) is 4.35. The second-order valence-corrected chi connectivity index (χ2v) is 7.28. The van der Waals surface area contributed by atoms with E-state index in [0.29, 0.717) is 34.7 Å². The Bertz CT molecular complexity index is 1090. The molecule has 3 heterocycles. The van der Waals surface area contributed by atoms with E-state index >= 15 is 0 Å². The van der Waals surface area contributed by atoms with E-state index in [2.05, 4.69) is 4.98 Å². The van der Waals surface area contributed by atoms with Crippen LogP contribution in [0.3, 0.4) is 0 Å². The van der Waals surface area contributed by atoms with Crippen LogP contribution >= 0.6 is 11.3 Å². The molecule has 0 spiro atoms. The molecule has 1 aliphatic rings. The lowest BCUT2D eigenvalue weighted by Crippen LogP contribution is -2.31. The first kappa shape index (κ1) is 17.5. The van der Waals surface area contributed by atoms with E-state index in [1.165, 1.54) is 22.2 Å². The molecular weight excluding hydrogens is 366 g/mol. The van der Waals surface area contributed by atoms with Crippen molar-refractivity contribution >= 4 is 27.5 Å². The number of methoxy groups -OCH3 is 2. The molecule has 1 atom stereocenters. The molecule has 0 radical (unpaired) electrons. The van der Waals surface area contributed by atoms with Crippen LogP contribution in [-0.2, 0) is 4.79 Å². The SMILES string of the molecule is COc1ccc(-c2csc3ncn([C@@H]4CCN(C)C4=O)c(=O)c23)c(OC)c1. The minimum Gasteiger partial charge on any atom is -0.497 e. The zero-order chi connectivity index (χ0) is 19.1. The van der Waals surface area contributed by atoms with Crippen molar-refractivity contribution in [3.05, 3.63) is 40.3 Å². The Morgan fingerprint density at radius 1 is 1.19 bits per heavy atom. The molecule has 2 aromatic heterocycles. The van der Waals surface area contributed by atoms with Crippen LogP contribution in [0.5, 0.6) is 11.5 Å². The van der Waals surface area contributed by atoms with Gasteiger partial charge in [-0.3, -0.25) is 14.2 Å². The first-order chi connectivity index (χ1) is 13.0. The molecule has 27 heavy (non-hydrogen) atoms. The van der Waals surface area contributed by atoms with Crippen molar-refractivity contribution in [3.63, 3.8) is 0 Å². The zero-order valence-corrected chi connectivity index (χ0v) is 16.1. The predicted octanol–water partition coefficient (Wildman–Crippen LogP) is 2.55. The van der Waals surface area contributed by atoms with E-state index in [1.54, 1.807) is 32.2 Å². The van der Waals surface area contributed by atoms with Crippen molar-refractivity contribution in [2.75, 3.05) is 27.8 Å². The Hall–Kier alpha value is -2.87. The fraction of sp³-hybridized carbons (Fsp3) is 0.316. The van der Waals surface area contributed by atoms with Gasteiger partial charge in [-0.25, -0.2) is 4.98 Å². The molecule has 8 heteroatoms. The molecule has 0 unspecified atom stereocenters. The number of likely N-dealkylation sites (tertiary alicyclic amines) is 1. The number of fused-ring (bicyclic) bond motifs is 1. The van der Waals surface area contributed by atoms with Crippen LogP contribution in [0.1, 0.15) is 12.5 Å². The summed E-state index contributed by atoms with van der Waals surface area (Å²) in [6.45, 7) is 0.636. The molecule has 0 N–H and O–H groups in total. The Morgan fingerprint density at radius 3 is 2.67 bits per heavy atom. The van der Waals surface area contributed by atoms with E-state index in [-0.39, 0.29) is 11.5 Å². The molecule has 1 aliphatic heterocycles. The maximum atomic E-state index is 13.2. The number of benzene rings is 1. The Kier molecular flexibility index (Phi) is 4.35. The molecule has 1 saturated heterocycles. The molecule has 0 saturated carbocycles. The third-order valence-electron chi connectivity index (χ3n) is 4.95. The highest BCUT2D eigenvalue weighted by atomic mass is 32.1. The number of thiophene rings is 1. The maximum absolute atomic E-state index is 13.2. The number of carbonyl (C=O) groups is 1. The summed E-state index contributed by atoms with van der Waals surface area (Å²) >= 11 is 1.40. The van der Waals surface area contributed by atoms with Crippen molar-refractivity contribution < 1.29 is 14.3 Å². The van der Waals surface area contributed by atoms with Gasteiger partial charge in [0.15, 0.2) is 0 Å². The first-order valence-electron chi connectivity index (χ1n) is 8.51. The van der Waals surface area contributed by atoms with Crippen LogP contribution < -0.4 is 15.0 Å². The molecule has 140 valence electrons. The summed E-state index contributed by atoms with van der Waals surface area (Å²) in [5.41, 5.74) is 1.33. The van der Waals surface area contributed by atoms with Crippen molar-refractivity contribution in [2.45, 2.75) is 12.5 Å². The molecule has 1 aromatic carbocycles. The van der Waals surface area contributed by atoms with E-state index in [9.17, 15) is 9.59 Å². The van der Waals surface area contributed by atoms with Gasteiger partial charge in [-0.15, -0.1) is 11.3 Å². The lowest BCUT2D eigenvalue weighted by molar-refractivity contribution is -0.129. The Morgan fingerprint density at radius 2 is 2.00 bits per heavy atom. The minimum atomic E-state index is -0.495. The summed E-state index contributed by atoms with van der Waals surface area (Å²) in [6, 6.07) is 4.98. The number of amides is 1. The highest BCUT2D eigenvalue weighted by molar-refractivity contribution is 7.17. The first-order valence-corrected chi connectivity index (χ1v) is 9.38. The zero-order valence-electron chi connectivity index (χ0n) is 15.3. The van der Waals surface area contributed by atoms with Crippen molar-refractivity contribution in [3.8, 4) is 22.6 Å². The second kappa shape index (κ2) is 6.70. The third kappa shape index (κ3) is 2.76. The summed E-state index contributed by atoms with van der Waals surface area (Å²) in [5, 5.41) is 2.41. The van der Waals surface area contributed by atoms with E-state index in [1.807, 2.05) is 17.5 Å². The maximum Gasteiger partial charge on any atom is 0.263 e. The summed E-state index contributed by atoms with van der Waals surface area (Å²) in [6.07, 6.45) is 2.09. The normalized spacial score (nSPS) is 16.9. The van der Waals surface area contributed by atoms with Crippen LogP contribution in [0.15, 0.2) is 34.7 Å². The fourth-order valence-electron chi connectivity index (χ4n) is 3.45. The molecule has 1 amide bonds. The van der Waals surface area contributed by atoms with E-state index in [4.69, 9.17) is 9.47 Å². The van der Waals surface area contributed by atoms with Crippen LogP contribution in [0.25, 0.3) is 21.3 Å². The standard InChI is InChI=1S/C19H19N3O4S/c1-21-7-6-14(18(21)23)22-10-20-17-16(19(22)24)13(9-27-17)12-5-4-11(25-2)8-15(12)26-3/h4-5,8-10,14H,6-7H2,1-3H3/t14-/m1/s1. The number of nitrogens with zero attached hydrogens (tertiary/aromatic N) is 3. The highest BCUT2D eigenvalue weighted by Crippen LogP contribution is 2.38. The smallest absolute Gasteiger partial charge is 0.263 e. The molecule has 1 fully saturated rings. The number of rotatable bonds is 4. The Labute approximate surface area is 159 Å². The molecule has 4 rings (SSSR count). The molecule has 0 aliphatic carbocycles. The molecule has 7 nitrogen and oxygen atoms in total. The highest BCUT2D eigenvalue weighted by Gasteiger charge is 2.32. The van der Waals surface area contributed by atoms with Gasteiger partial charge in [0.1, 0.15) is 22.4 Å². The van der Waals surface area contributed by atoms with Gasteiger partial charge in [0.2, 0.25) is 5.91 Å².